The second kappa shape index (κ2) is 18.4. The number of carboxylic acids is 2. The van der Waals surface area contributed by atoms with Crippen LogP contribution in [0.15, 0.2) is 84.0 Å². The maximum atomic E-state index is 13.5. The number of imidazole rings is 1. The Balaban J connectivity index is 1.46. The van der Waals surface area contributed by atoms with Crippen molar-refractivity contribution in [1.82, 2.24) is 29.5 Å². The molecule has 0 aliphatic rings. The Morgan fingerprint density at radius 1 is 0.769 bits per heavy atom. The van der Waals surface area contributed by atoms with Gasteiger partial charge in [-0.25, -0.2) is 19.1 Å². The summed E-state index contributed by atoms with van der Waals surface area (Å²) in [6.45, 7) is 7.22. The van der Waals surface area contributed by atoms with Crippen LogP contribution in [-0.2, 0) is 43.4 Å². The van der Waals surface area contributed by atoms with Gasteiger partial charge in [0.1, 0.15) is 24.2 Å². The highest BCUT2D eigenvalue weighted by atomic mass is 35.5. The number of ether oxygens (including phenoxy) is 1. The number of hydrogen-bond acceptors (Lipinski definition) is 9. The number of aromatic nitrogens is 4. The van der Waals surface area contributed by atoms with Crippen LogP contribution in [0.2, 0.25) is 5.02 Å². The number of nitrogens with zero attached hydrogens (tertiary/aromatic N) is 4. The molecule has 4 N–H and O–H groups in total. The predicted molar refractivity (Wildman–Crippen MR) is 193 cm³/mol. The van der Waals surface area contributed by atoms with Gasteiger partial charge in [0.05, 0.1) is 24.5 Å². The SMILES string of the molecule is CC(C)CC(NC(Cc1ccn(-c2ccccc2)n1)C(=O)O)C(=O)OC(=O)C(CC(C)C)NC(Cn1ccn(Cc2cccc(Cl)c2)c1=O)C(=O)O. The Bertz CT molecular complexity index is 1890. The molecule has 2 heterocycles. The van der Waals surface area contributed by atoms with Crippen LogP contribution in [0.5, 0.6) is 0 Å². The summed E-state index contributed by atoms with van der Waals surface area (Å²) in [7, 11) is 0. The lowest BCUT2D eigenvalue weighted by Crippen LogP contribution is -2.53. The predicted octanol–water partition coefficient (Wildman–Crippen LogP) is 3.76. The van der Waals surface area contributed by atoms with Gasteiger partial charge in [-0.05, 0) is 60.6 Å². The molecule has 4 atom stereocenters. The van der Waals surface area contributed by atoms with Gasteiger partial charge in [0.25, 0.3) is 0 Å². The Morgan fingerprint density at radius 2 is 1.37 bits per heavy atom. The molecule has 278 valence electrons. The molecular weight excluding hydrogens is 692 g/mol. The molecule has 52 heavy (non-hydrogen) atoms. The Hall–Kier alpha value is -5.05. The first-order chi connectivity index (χ1) is 24.7. The topological polar surface area (TPSA) is 187 Å². The van der Waals surface area contributed by atoms with Crippen LogP contribution >= 0.6 is 11.6 Å². The van der Waals surface area contributed by atoms with E-state index in [4.69, 9.17) is 16.3 Å². The molecule has 15 heteroatoms. The fourth-order valence-electron chi connectivity index (χ4n) is 5.70. The summed E-state index contributed by atoms with van der Waals surface area (Å²) in [4.78, 5) is 64.8. The van der Waals surface area contributed by atoms with Gasteiger partial charge >= 0.3 is 29.6 Å². The van der Waals surface area contributed by atoms with Crippen molar-refractivity contribution in [3.05, 3.63) is 106 Å². The zero-order valence-electron chi connectivity index (χ0n) is 29.5. The van der Waals surface area contributed by atoms with Crippen molar-refractivity contribution in [2.75, 3.05) is 0 Å². The van der Waals surface area contributed by atoms with Gasteiger partial charge in [0, 0.05) is 30.0 Å². The number of esters is 2. The lowest BCUT2D eigenvalue weighted by atomic mass is 10.0. The van der Waals surface area contributed by atoms with Crippen LogP contribution in [0.3, 0.4) is 0 Å². The fourth-order valence-corrected chi connectivity index (χ4v) is 5.91. The van der Waals surface area contributed by atoms with Crippen LogP contribution < -0.4 is 16.3 Å². The van der Waals surface area contributed by atoms with Crippen LogP contribution in [0.1, 0.15) is 51.8 Å². The number of para-hydroxylation sites is 1. The van der Waals surface area contributed by atoms with Gasteiger partial charge in [0.15, 0.2) is 0 Å². The molecule has 4 aromatic rings. The van der Waals surface area contributed by atoms with Gasteiger partial charge in [-0.2, -0.15) is 5.10 Å². The minimum Gasteiger partial charge on any atom is -0.480 e. The van der Waals surface area contributed by atoms with E-state index in [0.717, 1.165) is 11.3 Å². The second-order valence-corrected chi connectivity index (χ2v) is 13.9. The third-order valence-electron chi connectivity index (χ3n) is 8.20. The van der Waals surface area contributed by atoms with Gasteiger partial charge in [0.2, 0.25) is 0 Å². The third-order valence-corrected chi connectivity index (χ3v) is 8.44. The maximum Gasteiger partial charge on any atom is 0.330 e. The number of hydrogen-bond donors (Lipinski definition) is 4. The van der Waals surface area contributed by atoms with Gasteiger partial charge < -0.3 is 14.9 Å². The number of benzene rings is 2. The minimum absolute atomic E-state index is 0.0526. The molecule has 14 nitrogen and oxygen atoms in total. The lowest BCUT2D eigenvalue weighted by Gasteiger charge is -2.26. The van der Waals surface area contributed by atoms with E-state index < -0.39 is 53.7 Å². The van der Waals surface area contributed by atoms with Crippen molar-refractivity contribution in [3.8, 4) is 5.69 Å². The highest BCUT2D eigenvalue weighted by molar-refractivity contribution is 6.30. The summed E-state index contributed by atoms with van der Waals surface area (Å²) in [5.74, 6) is -4.75. The molecule has 0 bridgehead atoms. The first kappa shape index (κ1) is 39.7. The molecule has 0 aliphatic carbocycles. The van der Waals surface area contributed by atoms with Crippen LogP contribution in [0.4, 0.5) is 0 Å². The van der Waals surface area contributed by atoms with Gasteiger partial charge in [-0.1, -0.05) is 69.6 Å². The molecule has 2 aromatic carbocycles. The number of carboxylic acid groups (broad SMARTS) is 2. The molecule has 0 radical (unpaired) electrons. The van der Waals surface area contributed by atoms with Crippen molar-refractivity contribution in [2.24, 2.45) is 11.8 Å². The van der Waals surface area contributed by atoms with Crippen molar-refractivity contribution in [2.45, 2.75) is 84.2 Å². The first-order valence-corrected chi connectivity index (χ1v) is 17.4. The van der Waals surface area contributed by atoms with E-state index in [1.54, 1.807) is 35.1 Å². The quantitative estimate of drug-likeness (QED) is 0.0811. The summed E-state index contributed by atoms with van der Waals surface area (Å²) in [5, 5.41) is 30.8. The van der Waals surface area contributed by atoms with E-state index in [1.807, 2.05) is 64.1 Å². The molecule has 0 saturated carbocycles. The highest BCUT2D eigenvalue weighted by Gasteiger charge is 2.34. The molecule has 4 rings (SSSR count). The van der Waals surface area contributed by atoms with E-state index in [9.17, 15) is 34.2 Å². The number of carbonyl (C=O) groups is 4. The van der Waals surface area contributed by atoms with E-state index in [2.05, 4.69) is 15.7 Å². The molecule has 0 spiro atoms. The van der Waals surface area contributed by atoms with Crippen LogP contribution in [-0.4, -0.2) is 77.2 Å². The summed E-state index contributed by atoms with van der Waals surface area (Å²) < 4.78 is 9.56. The Morgan fingerprint density at radius 3 is 1.94 bits per heavy atom. The lowest BCUT2D eigenvalue weighted by molar-refractivity contribution is -0.163. The largest absolute Gasteiger partial charge is 0.480 e. The molecule has 0 aliphatic heterocycles. The summed E-state index contributed by atoms with van der Waals surface area (Å²) in [6.07, 6.45) is 4.91. The third kappa shape index (κ3) is 11.5. The van der Waals surface area contributed by atoms with Crippen LogP contribution in [0, 0.1) is 11.8 Å². The van der Waals surface area contributed by atoms with E-state index >= 15 is 0 Å². The number of aliphatic carboxylic acids is 2. The zero-order chi connectivity index (χ0) is 37.9. The number of carbonyl (C=O) groups excluding carboxylic acids is 2. The fraction of sp³-hybridized carbons (Fsp3) is 0.405. The van der Waals surface area contributed by atoms with Crippen LogP contribution in [0.25, 0.3) is 5.69 Å². The van der Waals surface area contributed by atoms with E-state index in [0.29, 0.717) is 10.7 Å². The van der Waals surface area contributed by atoms with Crippen molar-refractivity contribution < 1.29 is 34.1 Å². The molecule has 0 saturated heterocycles. The highest BCUT2D eigenvalue weighted by Crippen LogP contribution is 2.15. The monoisotopic (exact) mass is 736 g/mol. The van der Waals surface area contributed by atoms with Crippen molar-refractivity contribution in [3.63, 3.8) is 0 Å². The van der Waals surface area contributed by atoms with E-state index in [1.165, 1.54) is 21.5 Å². The second-order valence-electron chi connectivity index (χ2n) is 13.5. The summed E-state index contributed by atoms with van der Waals surface area (Å²) in [6, 6.07) is 12.9. The zero-order valence-corrected chi connectivity index (χ0v) is 30.3. The van der Waals surface area contributed by atoms with Gasteiger partial charge in [-0.3, -0.25) is 29.4 Å². The number of nitrogens with one attached hydrogen (secondary N) is 2. The Kier molecular flexibility index (Phi) is 14.1. The van der Waals surface area contributed by atoms with Crippen molar-refractivity contribution >= 4 is 35.5 Å². The normalized spacial score (nSPS) is 13.8. The molecule has 4 unspecified atom stereocenters. The first-order valence-electron chi connectivity index (χ1n) is 17.0. The van der Waals surface area contributed by atoms with Crippen molar-refractivity contribution in [1.29, 1.82) is 0 Å². The summed E-state index contributed by atoms with van der Waals surface area (Å²) in [5.41, 5.74) is 1.58. The maximum absolute atomic E-state index is 13.5. The smallest absolute Gasteiger partial charge is 0.330 e. The average Bonchev–Trinajstić information content (AvgIpc) is 3.69. The Labute approximate surface area is 306 Å². The van der Waals surface area contributed by atoms with E-state index in [-0.39, 0.29) is 44.2 Å². The molecule has 0 fully saturated rings. The standard InChI is InChI=1S/C37H45ClN6O8/c1-23(2)17-30(39-29(33(45)46)20-27-13-14-44(41-27)28-11-6-5-7-12-28)35(49)52-36(50)31(18-24(3)4)40-32(34(47)48)22-43-16-15-42(37(43)51)21-25-9-8-10-26(38)19-25/h5-16,19,23-24,29-32,39-40H,17-18,20-22H2,1-4H3,(H,45,46)(H,47,48). The molecular formula is C37H45ClN6O8. The van der Waals surface area contributed by atoms with Gasteiger partial charge in [-0.15, -0.1) is 0 Å². The molecule has 2 aromatic heterocycles. The minimum atomic E-state index is -1.40. The number of rotatable bonds is 19. The average molecular weight is 737 g/mol. The number of halogens is 1. The summed E-state index contributed by atoms with van der Waals surface area (Å²) >= 11 is 6.07. The molecule has 0 amide bonds.